The third-order valence-corrected chi connectivity index (χ3v) is 3.41. The van der Waals surface area contributed by atoms with E-state index in [9.17, 15) is 13.6 Å². The predicted octanol–water partition coefficient (Wildman–Crippen LogP) is 2.93. The Bertz CT molecular complexity index is 687. The Kier molecular flexibility index (Phi) is 3.28. The predicted molar refractivity (Wildman–Crippen MR) is 66.9 cm³/mol. The molecule has 1 aliphatic carbocycles. The van der Waals surface area contributed by atoms with Gasteiger partial charge in [-0.2, -0.15) is 13.8 Å². The summed E-state index contributed by atoms with van der Waals surface area (Å²) in [4.78, 5) is 14.3. The van der Waals surface area contributed by atoms with Gasteiger partial charge >= 0.3 is 12.5 Å². The van der Waals surface area contributed by atoms with Crippen molar-refractivity contribution in [2.75, 3.05) is 0 Å². The molecule has 0 saturated carbocycles. The molecule has 1 heterocycles. The first-order valence-electron chi connectivity index (χ1n) is 6.29. The summed E-state index contributed by atoms with van der Waals surface area (Å²) >= 11 is 0. The second kappa shape index (κ2) is 5.12. The normalized spacial score (nSPS) is 17.0. The van der Waals surface area contributed by atoms with Crippen LogP contribution in [-0.2, 0) is 6.42 Å². The van der Waals surface area contributed by atoms with E-state index >= 15 is 0 Å². The molecule has 0 radical (unpaired) electrons. The summed E-state index contributed by atoms with van der Waals surface area (Å²) in [6.07, 6.45) is -2.51. The minimum atomic E-state index is -2.80. The lowest BCUT2D eigenvalue weighted by atomic mass is 10.0. The molecule has 0 bridgehead atoms. The lowest BCUT2D eigenvalue weighted by molar-refractivity contribution is 0.106. The van der Waals surface area contributed by atoms with Crippen LogP contribution < -0.4 is 5.32 Å². The van der Waals surface area contributed by atoms with E-state index in [0.29, 0.717) is 18.4 Å². The topological polar surface area (TPSA) is 88.2 Å². The highest BCUT2D eigenvalue weighted by atomic mass is 19.3. The lowest BCUT2D eigenvalue weighted by Crippen LogP contribution is -2.24. The maximum atomic E-state index is 12.4. The number of carboxylic acid groups (broad SMARTS) is 1. The number of benzene rings is 1. The third-order valence-electron chi connectivity index (χ3n) is 3.41. The van der Waals surface area contributed by atoms with E-state index in [-0.39, 0.29) is 11.9 Å². The Morgan fingerprint density at radius 2 is 2.29 bits per heavy atom. The fourth-order valence-corrected chi connectivity index (χ4v) is 2.50. The Morgan fingerprint density at radius 1 is 1.48 bits per heavy atom. The van der Waals surface area contributed by atoms with Crippen LogP contribution in [0.25, 0.3) is 11.4 Å². The molecule has 0 aliphatic heterocycles. The Hall–Kier alpha value is -2.51. The zero-order valence-electron chi connectivity index (χ0n) is 10.7. The molecule has 1 amide bonds. The maximum absolute atomic E-state index is 12.4. The summed E-state index contributed by atoms with van der Waals surface area (Å²) in [5, 5.41) is 14.7. The number of rotatable bonds is 3. The van der Waals surface area contributed by atoms with Crippen molar-refractivity contribution in [3.05, 3.63) is 35.2 Å². The summed E-state index contributed by atoms with van der Waals surface area (Å²) in [7, 11) is 0. The number of hydrogen-bond acceptors (Lipinski definition) is 4. The van der Waals surface area contributed by atoms with Crippen molar-refractivity contribution in [2.45, 2.75) is 25.3 Å². The molecule has 1 aromatic carbocycles. The highest BCUT2D eigenvalue weighted by Crippen LogP contribution is 2.33. The molecule has 6 nitrogen and oxygen atoms in total. The average Bonchev–Trinajstić information content (AvgIpc) is 3.05. The van der Waals surface area contributed by atoms with Gasteiger partial charge in [0.1, 0.15) is 0 Å². The molecule has 2 N–H and O–H groups in total. The lowest BCUT2D eigenvalue weighted by Gasteiger charge is -2.11. The molecular formula is C13H11F2N3O3. The molecule has 1 aliphatic rings. The second-order valence-corrected chi connectivity index (χ2v) is 4.71. The van der Waals surface area contributed by atoms with Crippen LogP contribution in [0.2, 0.25) is 0 Å². The van der Waals surface area contributed by atoms with Crippen LogP contribution >= 0.6 is 0 Å². The molecule has 1 aromatic heterocycles. The van der Waals surface area contributed by atoms with E-state index in [0.717, 1.165) is 11.1 Å². The molecule has 110 valence electrons. The first kappa shape index (κ1) is 13.5. The Balaban J connectivity index is 1.88. The van der Waals surface area contributed by atoms with Gasteiger partial charge in [-0.25, -0.2) is 4.79 Å². The van der Waals surface area contributed by atoms with E-state index in [2.05, 4.69) is 20.0 Å². The molecule has 21 heavy (non-hydrogen) atoms. The highest BCUT2D eigenvalue weighted by molar-refractivity contribution is 5.66. The zero-order valence-corrected chi connectivity index (χ0v) is 10.7. The van der Waals surface area contributed by atoms with Gasteiger partial charge in [-0.3, -0.25) is 0 Å². The van der Waals surface area contributed by atoms with Gasteiger partial charge < -0.3 is 14.9 Å². The van der Waals surface area contributed by atoms with Crippen molar-refractivity contribution in [3.8, 4) is 11.4 Å². The molecule has 8 heteroatoms. The number of nitrogens with one attached hydrogen (secondary N) is 1. The van der Waals surface area contributed by atoms with Crippen LogP contribution in [0, 0.1) is 0 Å². The van der Waals surface area contributed by atoms with E-state index in [1.165, 1.54) is 0 Å². The molecular weight excluding hydrogens is 284 g/mol. The minimum Gasteiger partial charge on any atom is -0.465 e. The first-order valence-corrected chi connectivity index (χ1v) is 6.29. The Labute approximate surface area is 117 Å². The quantitative estimate of drug-likeness (QED) is 0.908. The monoisotopic (exact) mass is 295 g/mol. The number of halogens is 2. The van der Waals surface area contributed by atoms with Crippen molar-refractivity contribution in [1.29, 1.82) is 0 Å². The standard InChI is InChI=1S/C13H11F2N3O3/c14-10(15)12-17-11(18-21-12)7-1-3-8-6(5-7)2-4-9(8)16-13(19)20/h1,3,5,9-10,16H,2,4H2,(H,19,20). The molecule has 3 rings (SSSR count). The van der Waals surface area contributed by atoms with E-state index < -0.39 is 18.4 Å². The van der Waals surface area contributed by atoms with E-state index in [1.54, 1.807) is 18.2 Å². The molecule has 2 aromatic rings. The largest absolute Gasteiger partial charge is 0.465 e. The molecule has 0 saturated heterocycles. The van der Waals surface area contributed by atoms with Gasteiger partial charge in [0.15, 0.2) is 0 Å². The third kappa shape index (κ3) is 2.56. The second-order valence-electron chi connectivity index (χ2n) is 4.71. The number of hydrogen-bond donors (Lipinski definition) is 2. The van der Waals surface area contributed by atoms with Crippen molar-refractivity contribution < 1.29 is 23.2 Å². The van der Waals surface area contributed by atoms with E-state index in [1.807, 2.05) is 0 Å². The summed E-state index contributed by atoms with van der Waals surface area (Å²) in [5.41, 5.74) is 2.41. The van der Waals surface area contributed by atoms with Gasteiger partial charge in [0.25, 0.3) is 5.89 Å². The van der Waals surface area contributed by atoms with Crippen molar-refractivity contribution in [3.63, 3.8) is 0 Å². The molecule has 0 fully saturated rings. The molecule has 1 atom stereocenters. The zero-order chi connectivity index (χ0) is 15.0. The van der Waals surface area contributed by atoms with Gasteiger partial charge in [-0.05, 0) is 30.0 Å². The number of fused-ring (bicyclic) bond motifs is 1. The summed E-state index contributed by atoms with van der Waals surface area (Å²) in [6.45, 7) is 0. The fraction of sp³-hybridized carbons (Fsp3) is 0.308. The van der Waals surface area contributed by atoms with E-state index in [4.69, 9.17) is 5.11 Å². The van der Waals surface area contributed by atoms with Crippen LogP contribution in [-0.4, -0.2) is 21.3 Å². The van der Waals surface area contributed by atoms with Gasteiger partial charge in [-0.15, -0.1) is 0 Å². The number of amides is 1. The van der Waals surface area contributed by atoms with Crippen molar-refractivity contribution in [2.24, 2.45) is 0 Å². The van der Waals surface area contributed by atoms with Crippen LogP contribution in [0.3, 0.4) is 0 Å². The summed E-state index contributed by atoms with van der Waals surface area (Å²) in [5.74, 6) is -0.612. The number of nitrogens with zero attached hydrogens (tertiary/aromatic N) is 2. The minimum absolute atomic E-state index is 0.0998. The van der Waals surface area contributed by atoms with Crippen LogP contribution in [0.5, 0.6) is 0 Å². The molecule has 1 unspecified atom stereocenters. The molecule has 0 spiro atoms. The Morgan fingerprint density at radius 3 is 2.95 bits per heavy atom. The van der Waals surface area contributed by atoms with Crippen LogP contribution in [0.1, 0.15) is 35.9 Å². The van der Waals surface area contributed by atoms with Gasteiger partial charge in [0, 0.05) is 5.56 Å². The fourth-order valence-electron chi connectivity index (χ4n) is 2.50. The van der Waals surface area contributed by atoms with Gasteiger partial charge in [0.2, 0.25) is 5.82 Å². The maximum Gasteiger partial charge on any atom is 0.405 e. The number of aromatic nitrogens is 2. The number of aryl methyl sites for hydroxylation is 1. The SMILES string of the molecule is O=C(O)NC1CCc2cc(-c3noc(C(F)F)n3)ccc21. The van der Waals surface area contributed by atoms with Gasteiger partial charge in [-0.1, -0.05) is 17.3 Å². The highest BCUT2D eigenvalue weighted by Gasteiger charge is 2.25. The average molecular weight is 295 g/mol. The number of carbonyl (C=O) groups is 1. The first-order chi connectivity index (χ1) is 10.0. The van der Waals surface area contributed by atoms with Crippen LogP contribution in [0.15, 0.2) is 22.7 Å². The smallest absolute Gasteiger partial charge is 0.405 e. The summed E-state index contributed by atoms with van der Waals surface area (Å²) in [6, 6.07) is 4.96. The number of alkyl halides is 2. The van der Waals surface area contributed by atoms with Crippen molar-refractivity contribution in [1.82, 2.24) is 15.5 Å². The summed E-state index contributed by atoms with van der Waals surface area (Å²) < 4.78 is 29.3. The van der Waals surface area contributed by atoms with Crippen LogP contribution in [0.4, 0.5) is 13.6 Å². The van der Waals surface area contributed by atoms with Gasteiger partial charge in [0.05, 0.1) is 6.04 Å². The van der Waals surface area contributed by atoms with Crippen molar-refractivity contribution >= 4 is 6.09 Å².